The Morgan fingerprint density at radius 3 is 2.50 bits per heavy atom. The molecule has 1 saturated heterocycles. The predicted octanol–water partition coefficient (Wildman–Crippen LogP) is 0.382. The zero-order valence-electron chi connectivity index (χ0n) is 11.2. The number of hydrazine groups is 1. The van der Waals surface area contributed by atoms with Crippen LogP contribution < -0.4 is 4.83 Å². The Kier molecular flexibility index (Phi) is 5.16. The summed E-state index contributed by atoms with van der Waals surface area (Å²) in [5, 5.41) is 10.8. The Hall–Kier alpha value is -0.510. The molecule has 0 aliphatic carbocycles. The quantitative estimate of drug-likeness (QED) is 0.809. The molecular weight excluding hydrogens is 346 g/mol. The highest BCUT2D eigenvalue weighted by atomic mass is 79.9. The zero-order chi connectivity index (χ0) is 14.8. The average Bonchev–Trinajstić information content (AvgIpc) is 2.40. The van der Waals surface area contributed by atoms with Crippen LogP contribution in [0.1, 0.15) is 5.56 Å². The average molecular weight is 364 g/mol. The minimum absolute atomic E-state index is 0.120. The van der Waals surface area contributed by atoms with E-state index < -0.39 is 10.0 Å². The van der Waals surface area contributed by atoms with Gasteiger partial charge in [-0.25, -0.2) is 13.4 Å². The van der Waals surface area contributed by atoms with Gasteiger partial charge in [0.25, 0.3) is 10.0 Å². The number of rotatable bonds is 4. The second-order valence-electron chi connectivity index (χ2n) is 4.81. The van der Waals surface area contributed by atoms with E-state index in [1.807, 2.05) is 7.05 Å². The lowest BCUT2D eigenvalue weighted by atomic mass is 10.2. The van der Waals surface area contributed by atoms with Crippen LogP contribution in [0.15, 0.2) is 27.6 Å². The van der Waals surface area contributed by atoms with E-state index in [4.69, 9.17) is 5.11 Å². The molecule has 1 heterocycles. The number of hydrogen-bond acceptors (Lipinski definition) is 5. The third kappa shape index (κ3) is 3.78. The molecule has 20 heavy (non-hydrogen) atoms. The topological polar surface area (TPSA) is 72.9 Å². The fourth-order valence-electron chi connectivity index (χ4n) is 1.98. The maximum absolute atomic E-state index is 12.3. The number of aliphatic hydroxyl groups is 1. The van der Waals surface area contributed by atoms with Crippen LogP contribution in [0.5, 0.6) is 0 Å². The summed E-state index contributed by atoms with van der Waals surface area (Å²) in [6, 6.07) is 4.70. The first-order chi connectivity index (χ1) is 9.42. The molecule has 0 saturated carbocycles. The number of nitrogens with one attached hydrogen (secondary N) is 1. The second-order valence-corrected chi connectivity index (χ2v) is 7.29. The molecule has 1 aromatic rings. The summed E-state index contributed by atoms with van der Waals surface area (Å²) < 4.78 is 25.1. The van der Waals surface area contributed by atoms with Gasteiger partial charge in [0.05, 0.1) is 11.5 Å². The van der Waals surface area contributed by atoms with Crippen LogP contribution in [0.4, 0.5) is 0 Å². The molecule has 1 aliphatic rings. The van der Waals surface area contributed by atoms with E-state index in [1.165, 1.54) is 6.07 Å². The first-order valence-electron chi connectivity index (χ1n) is 6.27. The molecule has 1 aromatic carbocycles. The van der Waals surface area contributed by atoms with Gasteiger partial charge in [-0.15, -0.1) is 4.83 Å². The van der Waals surface area contributed by atoms with E-state index in [0.717, 1.165) is 13.1 Å². The molecule has 6 nitrogen and oxygen atoms in total. The number of sulfonamides is 1. The van der Waals surface area contributed by atoms with Crippen molar-refractivity contribution in [2.24, 2.45) is 0 Å². The van der Waals surface area contributed by atoms with Crippen LogP contribution in [0.3, 0.4) is 0 Å². The van der Waals surface area contributed by atoms with Gasteiger partial charge in [0.1, 0.15) is 0 Å². The van der Waals surface area contributed by atoms with Crippen molar-refractivity contribution in [3.05, 3.63) is 28.2 Å². The summed E-state index contributed by atoms with van der Waals surface area (Å²) in [4.78, 5) is 4.92. The van der Waals surface area contributed by atoms with Crippen molar-refractivity contribution < 1.29 is 13.5 Å². The number of hydrogen-bond donors (Lipinski definition) is 2. The van der Waals surface area contributed by atoms with Crippen molar-refractivity contribution in [2.45, 2.75) is 11.5 Å². The number of halogens is 1. The Balaban J connectivity index is 2.14. The summed E-state index contributed by atoms with van der Waals surface area (Å²) in [6.45, 7) is 2.84. The summed E-state index contributed by atoms with van der Waals surface area (Å²) in [5.74, 6) is 0. The number of piperazine rings is 1. The molecule has 0 amide bonds. The molecule has 8 heteroatoms. The number of likely N-dealkylation sites (N-methyl/N-ethyl adjacent to an activating group) is 1. The molecule has 0 spiro atoms. The van der Waals surface area contributed by atoms with Gasteiger partial charge in [-0.3, -0.25) is 0 Å². The minimum atomic E-state index is -3.60. The van der Waals surface area contributed by atoms with Crippen LogP contribution in [-0.2, 0) is 16.6 Å². The van der Waals surface area contributed by atoms with Crippen molar-refractivity contribution in [1.82, 2.24) is 14.7 Å². The zero-order valence-corrected chi connectivity index (χ0v) is 13.6. The van der Waals surface area contributed by atoms with Crippen molar-refractivity contribution in [3.63, 3.8) is 0 Å². The summed E-state index contributed by atoms with van der Waals surface area (Å²) in [5.41, 5.74) is 0.662. The van der Waals surface area contributed by atoms with E-state index in [-0.39, 0.29) is 11.5 Å². The predicted molar refractivity (Wildman–Crippen MR) is 79.5 cm³/mol. The van der Waals surface area contributed by atoms with Crippen LogP contribution >= 0.6 is 15.9 Å². The molecular formula is C12H18BrN3O3S. The minimum Gasteiger partial charge on any atom is -0.392 e. The van der Waals surface area contributed by atoms with Crippen LogP contribution in [0, 0.1) is 0 Å². The lowest BCUT2D eigenvalue weighted by Gasteiger charge is -2.32. The molecule has 0 unspecified atom stereocenters. The monoisotopic (exact) mass is 363 g/mol. The van der Waals surface area contributed by atoms with E-state index in [2.05, 4.69) is 25.7 Å². The van der Waals surface area contributed by atoms with Gasteiger partial charge in [0.15, 0.2) is 0 Å². The Bertz CT molecular complexity index is 571. The van der Waals surface area contributed by atoms with Crippen molar-refractivity contribution >= 4 is 26.0 Å². The highest BCUT2D eigenvalue weighted by Gasteiger charge is 2.23. The molecule has 1 aliphatic heterocycles. The SMILES string of the molecule is CN1CCN(NS(=O)(=O)c2ccc(CO)cc2Br)CC1. The van der Waals surface area contributed by atoms with Gasteiger partial charge in [-0.2, -0.15) is 0 Å². The van der Waals surface area contributed by atoms with Crippen LogP contribution in [0.25, 0.3) is 0 Å². The van der Waals surface area contributed by atoms with Gasteiger partial charge in [0, 0.05) is 30.7 Å². The first-order valence-corrected chi connectivity index (χ1v) is 8.55. The molecule has 2 rings (SSSR count). The fraction of sp³-hybridized carbons (Fsp3) is 0.500. The number of benzene rings is 1. The standard InChI is InChI=1S/C12H18BrN3O3S/c1-15-4-6-16(7-5-15)14-20(18,19)12-3-2-10(9-17)8-11(12)13/h2-3,8,14,17H,4-7,9H2,1H3. The van der Waals surface area contributed by atoms with Gasteiger partial charge < -0.3 is 10.0 Å². The Morgan fingerprint density at radius 1 is 1.30 bits per heavy atom. The fourth-order valence-corrected chi connectivity index (χ4v) is 4.23. The second kappa shape index (κ2) is 6.50. The molecule has 0 radical (unpaired) electrons. The van der Waals surface area contributed by atoms with Gasteiger partial charge in [0.2, 0.25) is 0 Å². The van der Waals surface area contributed by atoms with E-state index in [0.29, 0.717) is 23.1 Å². The van der Waals surface area contributed by atoms with E-state index in [1.54, 1.807) is 17.1 Å². The van der Waals surface area contributed by atoms with Crippen molar-refractivity contribution in [2.75, 3.05) is 33.2 Å². The highest BCUT2D eigenvalue weighted by molar-refractivity contribution is 9.10. The third-order valence-electron chi connectivity index (χ3n) is 3.22. The summed E-state index contributed by atoms with van der Waals surface area (Å²) in [7, 11) is -1.59. The molecule has 0 aromatic heterocycles. The van der Waals surface area contributed by atoms with Crippen molar-refractivity contribution in [1.29, 1.82) is 0 Å². The number of nitrogens with zero attached hydrogens (tertiary/aromatic N) is 2. The number of aliphatic hydroxyl groups excluding tert-OH is 1. The van der Waals surface area contributed by atoms with Gasteiger partial charge in [-0.05, 0) is 40.7 Å². The molecule has 2 N–H and O–H groups in total. The smallest absolute Gasteiger partial charge is 0.254 e. The van der Waals surface area contributed by atoms with E-state index in [9.17, 15) is 8.42 Å². The Labute approximate surface area is 127 Å². The summed E-state index contributed by atoms with van der Waals surface area (Å²) >= 11 is 3.24. The van der Waals surface area contributed by atoms with Crippen LogP contribution in [-0.4, -0.2) is 56.7 Å². The Morgan fingerprint density at radius 2 is 1.95 bits per heavy atom. The van der Waals surface area contributed by atoms with Gasteiger partial charge >= 0.3 is 0 Å². The molecule has 1 fully saturated rings. The largest absolute Gasteiger partial charge is 0.392 e. The van der Waals surface area contributed by atoms with E-state index >= 15 is 0 Å². The van der Waals surface area contributed by atoms with Gasteiger partial charge in [-0.1, -0.05) is 6.07 Å². The highest BCUT2D eigenvalue weighted by Crippen LogP contribution is 2.23. The lowest BCUT2D eigenvalue weighted by molar-refractivity contribution is 0.135. The summed E-state index contributed by atoms with van der Waals surface area (Å²) in [6.07, 6.45) is 0. The third-order valence-corrected chi connectivity index (χ3v) is 5.57. The molecule has 0 atom stereocenters. The lowest BCUT2D eigenvalue weighted by Crippen LogP contribution is -2.52. The van der Waals surface area contributed by atoms with Crippen molar-refractivity contribution in [3.8, 4) is 0 Å². The van der Waals surface area contributed by atoms with Crippen LogP contribution in [0.2, 0.25) is 0 Å². The maximum atomic E-state index is 12.3. The molecule has 0 bridgehead atoms. The first kappa shape index (κ1) is 15.9. The molecule has 112 valence electrons. The maximum Gasteiger partial charge on any atom is 0.254 e. The normalized spacial score (nSPS) is 18.4.